The van der Waals surface area contributed by atoms with E-state index in [-0.39, 0.29) is 0 Å². The zero-order chi connectivity index (χ0) is 13.2. The molecular weight excluding hydrogens is 228 g/mol. The summed E-state index contributed by atoms with van der Waals surface area (Å²) in [5.41, 5.74) is 8.26. The Morgan fingerprint density at radius 3 is 2.72 bits per heavy atom. The third-order valence-corrected chi connectivity index (χ3v) is 3.67. The zero-order valence-corrected chi connectivity index (χ0v) is 11.1. The quantitative estimate of drug-likeness (QED) is 0.799. The number of ether oxygens (including phenoxy) is 1. The molecule has 2 rings (SSSR count). The van der Waals surface area contributed by atoms with Crippen molar-refractivity contribution in [3.05, 3.63) is 23.8 Å². The molecule has 0 unspecified atom stereocenters. The minimum atomic E-state index is -0.664. The molecule has 0 radical (unpaired) electrons. The van der Waals surface area contributed by atoms with Gasteiger partial charge in [0.15, 0.2) is 0 Å². The first-order valence-corrected chi connectivity index (χ1v) is 6.38. The summed E-state index contributed by atoms with van der Waals surface area (Å²) >= 11 is 0. The lowest BCUT2D eigenvalue weighted by Gasteiger charge is -2.36. The Balaban J connectivity index is 2.11. The van der Waals surface area contributed by atoms with Crippen LogP contribution in [0.2, 0.25) is 0 Å². The van der Waals surface area contributed by atoms with Crippen molar-refractivity contribution in [3.63, 3.8) is 0 Å². The van der Waals surface area contributed by atoms with Crippen LogP contribution in [0.5, 0.6) is 0 Å². The molecule has 0 saturated carbocycles. The maximum Gasteiger partial charge on any atom is 0.0865 e. The van der Waals surface area contributed by atoms with Crippen LogP contribution in [0, 0.1) is 6.92 Å². The van der Waals surface area contributed by atoms with Crippen LogP contribution in [0.1, 0.15) is 18.4 Å². The van der Waals surface area contributed by atoms with Crippen molar-refractivity contribution in [1.82, 2.24) is 0 Å². The number of nitrogens with zero attached hydrogens (tertiary/aromatic N) is 1. The van der Waals surface area contributed by atoms with Crippen LogP contribution >= 0.6 is 0 Å². The molecule has 0 spiro atoms. The summed E-state index contributed by atoms with van der Waals surface area (Å²) in [5, 5.41) is 10.5. The molecule has 1 aliphatic rings. The predicted molar refractivity (Wildman–Crippen MR) is 73.9 cm³/mol. The number of aryl methyl sites for hydroxylation is 1. The van der Waals surface area contributed by atoms with E-state index in [9.17, 15) is 5.11 Å². The minimum absolute atomic E-state index is 0.587. The van der Waals surface area contributed by atoms with E-state index in [1.807, 2.05) is 37.1 Å². The van der Waals surface area contributed by atoms with Crippen LogP contribution in [-0.2, 0) is 4.74 Å². The van der Waals surface area contributed by atoms with Gasteiger partial charge in [0.2, 0.25) is 0 Å². The van der Waals surface area contributed by atoms with E-state index < -0.39 is 5.60 Å². The standard InChI is InChI=1S/C14H22N2O2/c1-11-4-3-5-12(13(11)15)16(2)10-14(17)6-8-18-9-7-14/h3-5,17H,6-10,15H2,1-2H3. The molecule has 4 nitrogen and oxygen atoms in total. The van der Waals surface area contributed by atoms with Gasteiger partial charge < -0.3 is 20.5 Å². The summed E-state index contributed by atoms with van der Waals surface area (Å²) in [4.78, 5) is 2.04. The van der Waals surface area contributed by atoms with Crippen molar-refractivity contribution in [2.75, 3.05) is 37.4 Å². The van der Waals surface area contributed by atoms with Gasteiger partial charge in [-0.25, -0.2) is 0 Å². The fourth-order valence-corrected chi connectivity index (χ4v) is 2.43. The van der Waals surface area contributed by atoms with Crippen molar-refractivity contribution in [3.8, 4) is 0 Å². The lowest BCUT2D eigenvalue weighted by Crippen LogP contribution is -2.45. The molecule has 1 fully saturated rings. The Labute approximate surface area is 108 Å². The Hall–Kier alpha value is -1.26. The molecular formula is C14H22N2O2. The lowest BCUT2D eigenvalue weighted by atomic mass is 9.93. The molecule has 4 heteroatoms. The largest absolute Gasteiger partial charge is 0.397 e. The summed E-state index contributed by atoms with van der Waals surface area (Å²) in [6.07, 6.45) is 1.37. The second-order valence-corrected chi connectivity index (χ2v) is 5.20. The summed E-state index contributed by atoms with van der Waals surface area (Å²) in [5.74, 6) is 0. The van der Waals surface area contributed by atoms with Gasteiger partial charge in [-0.05, 0) is 18.6 Å². The molecule has 0 aliphatic carbocycles. The van der Waals surface area contributed by atoms with Crippen molar-refractivity contribution in [2.45, 2.75) is 25.4 Å². The highest BCUT2D eigenvalue weighted by molar-refractivity contribution is 5.70. The maximum atomic E-state index is 10.5. The molecule has 0 aromatic heterocycles. The first-order chi connectivity index (χ1) is 8.52. The van der Waals surface area contributed by atoms with Gasteiger partial charge in [-0.3, -0.25) is 0 Å². The fourth-order valence-electron chi connectivity index (χ4n) is 2.43. The van der Waals surface area contributed by atoms with Gasteiger partial charge in [0, 0.05) is 39.6 Å². The molecule has 1 aromatic carbocycles. The number of hydrogen-bond donors (Lipinski definition) is 2. The van der Waals surface area contributed by atoms with Gasteiger partial charge >= 0.3 is 0 Å². The average Bonchev–Trinajstić information content (AvgIpc) is 2.33. The molecule has 1 aliphatic heterocycles. The second-order valence-electron chi connectivity index (χ2n) is 5.20. The number of rotatable bonds is 3. The van der Waals surface area contributed by atoms with Gasteiger partial charge in [-0.2, -0.15) is 0 Å². The number of anilines is 2. The van der Waals surface area contributed by atoms with E-state index in [0.29, 0.717) is 32.6 Å². The maximum absolute atomic E-state index is 10.5. The summed E-state index contributed by atoms with van der Waals surface area (Å²) < 4.78 is 5.29. The molecule has 0 atom stereocenters. The number of para-hydroxylation sites is 1. The molecule has 1 heterocycles. The van der Waals surface area contributed by atoms with E-state index >= 15 is 0 Å². The number of nitrogen functional groups attached to an aromatic ring is 1. The topological polar surface area (TPSA) is 58.7 Å². The monoisotopic (exact) mass is 250 g/mol. The first kappa shape index (κ1) is 13.2. The molecule has 100 valence electrons. The minimum Gasteiger partial charge on any atom is -0.397 e. The molecule has 0 bridgehead atoms. The fraction of sp³-hybridized carbons (Fsp3) is 0.571. The number of benzene rings is 1. The van der Waals surface area contributed by atoms with Crippen LogP contribution in [0.25, 0.3) is 0 Å². The van der Waals surface area contributed by atoms with Crippen molar-refractivity contribution >= 4 is 11.4 Å². The molecule has 3 N–H and O–H groups in total. The Bertz CT molecular complexity index is 414. The summed E-state index contributed by atoms with van der Waals surface area (Å²) in [6.45, 7) is 3.85. The van der Waals surface area contributed by atoms with E-state index in [1.165, 1.54) is 0 Å². The van der Waals surface area contributed by atoms with Gasteiger partial charge in [0.25, 0.3) is 0 Å². The molecule has 1 saturated heterocycles. The number of aliphatic hydroxyl groups is 1. The molecule has 1 aromatic rings. The number of likely N-dealkylation sites (N-methyl/N-ethyl adjacent to an activating group) is 1. The highest BCUT2D eigenvalue weighted by atomic mass is 16.5. The van der Waals surface area contributed by atoms with E-state index in [2.05, 4.69) is 0 Å². The van der Waals surface area contributed by atoms with Gasteiger partial charge in [0.1, 0.15) is 0 Å². The Kier molecular flexibility index (Phi) is 3.78. The highest BCUT2D eigenvalue weighted by Crippen LogP contribution is 2.28. The van der Waals surface area contributed by atoms with E-state index in [1.54, 1.807) is 0 Å². The molecule has 0 amide bonds. The van der Waals surface area contributed by atoms with Crippen LogP contribution in [0.3, 0.4) is 0 Å². The van der Waals surface area contributed by atoms with Crippen molar-refractivity contribution < 1.29 is 9.84 Å². The third-order valence-electron chi connectivity index (χ3n) is 3.67. The lowest BCUT2D eigenvalue weighted by molar-refractivity contribution is -0.0572. The molecule has 18 heavy (non-hydrogen) atoms. The Morgan fingerprint density at radius 1 is 1.39 bits per heavy atom. The number of hydrogen-bond acceptors (Lipinski definition) is 4. The zero-order valence-electron chi connectivity index (χ0n) is 11.1. The smallest absolute Gasteiger partial charge is 0.0865 e. The third kappa shape index (κ3) is 2.76. The average molecular weight is 250 g/mol. The van der Waals surface area contributed by atoms with Gasteiger partial charge in [-0.1, -0.05) is 12.1 Å². The Morgan fingerprint density at radius 2 is 2.06 bits per heavy atom. The summed E-state index contributed by atoms with van der Waals surface area (Å²) in [6, 6.07) is 5.98. The van der Waals surface area contributed by atoms with Gasteiger partial charge in [-0.15, -0.1) is 0 Å². The number of nitrogens with two attached hydrogens (primary N) is 1. The van der Waals surface area contributed by atoms with Crippen molar-refractivity contribution in [2.24, 2.45) is 0 Å². The summed E-state index contributed by atoms with van der Waals surface area (Å²) in [7, 11) is 1.97. The van der Waals surface area contributed by atoms with Crippen LogP contribution in [0.15, 0.2) is 18.2 Å². The first-order valence-electron chi connectivity index (χ1n) is 6.38. The van der Waals surface area contributed by atoms with Crippen molar-refractivity contribution in [1.29, 1.82) is 0 Å². The van der Waals surface area contributed by atoms with Crippen LogP contribution in [-0.4, -0.2) is 37.5 Å². The SMILES string of the molecule is Cc1cccc(N(C)CC2(O)CCOCC2)c1N. The highest BCUT2D eigenvalue weighted by Gasteiger charge is 2.31. The van der Waals surface area contributed by atoms with E-state index in [0.717, 1.165) is 16.9 Å². The second kappa shape index (κ2) is 5.16. The predicted octanol–water partition coefficient (Wildman–Crippen LogP) is 1.55. The van der Waals surface area contributed by atoms with E-state index in [4.69, 9.17) is 10.5 Å². The van der Waals surface area contributed by atoms with Crippen LogP contribution < -0.4 is 10.6 Å². The van der Waals surface area contributed by atoms with Crippen LogP contribution in [0.4, 0.5) is 11.4 Å². The normalized spacial score (nSPS) is 18.6. The van der Waals surface area contributed by atoms with Gasteiger partial charge in [0.05, 0.1) is 17.0 Å².